The predicted molar refractivity (Wildman–Crippen MR) is 126 cm³/mol. The highest BCUT2D eigenvalue weighted by Gasteiger charge is 2.25. The van der Waals surface area contributed by atoms with Gasteiger partial charge in [-0.15, -0.1) is 0 Å². The van der Waals surface area contributed by atoms with Gasteiger partial charge < -0.3 is 19.7 Å². The molecule has 2 aromatic rings. The van der Waals surface area contributed by atoms with Gasteiger partial charge in [-0.25, -0.2) is 14.6 Å². The van der Waals surface area contributed by atoms with Crippen LogP contribution in [-0.4, -0.2) is 49.7 Å². The van der Waals surface area contributed by atoms with Crippen molar-refractivity contribution < 1.29 is 19.4 Å². The summed E-state index contributed by atoms with van der Waals surface area (Å²) in [5.74, 6) is -1.18. The monoisotopic (exact) mass is 477 g/mol. The lowest BCUT2D eigenvalue weighted by Crippen LogP contribution is -2.44. The molecular weight excluding hydrogens is 454 g/mol. The molecule has 2 aliphatic heterocycles. The van der Waals surface area contributed by atoms with Crippen LogP contribution in [0.2, 0.25) is 0 Å². The molecular formula is C24H23N5O6. The van der Waals surface area contributed by atoms with E-state index in [0.29, 0.717) is 16.6 Å². The Hall–Kier alpha value is -4.54. The maximum atomic E-state index is 13.1. The third-order valence-corrected chi connectivity index (χ3v) is 5.72. The SMILES string of the molecule is COC(=O)C(Cc1ccc(O)cc1)NC(=O)Cn1c2nc(=O)[nH]c(=O)c-2nc2cc(C)c(C)cc21. The second kappa shape index (κ2) is 9.37. The molecule has 35 heavy (non-hydrogen) atoms. The summed E-state index contributed by atoms with van der Waals surface area (Å²) in [7, 11) is 1.22. The van der Waals surface area contributed by atoms with Crippen molar-refractivity contribution in [3.63, 3.8) is 0 Å². The van der Waals surface area contributed by atoms with Crippen LogP contribution in [-0.2, 0) is 27.3 Å². The second-order valence-corrected chi connectivity index (χ2v) is 8.18. The molecule has 1 unspecified atom stereocenters. The molecule has 0 aromatic heterocycles. The number of phenolic OH excluding ortho intramolecular Hbond substituents is 1. The van der Waals surface area contributed by atoms with E-state index in [1.54, 1.807) is 24.3 Å². The summed E-state index contributed by atoms with van der Waals surface area (Å²) in [6.07, 6.45) is 0.127. The molecule has 11 heteroatoms. The van der Waals surface area contributed by atoms with Crippen molar-refractivity contribution in [3.8, 4) is 17.3 Å². The summed E-state index contributed by atoms with van der Waals surface area (Å²) < 4.78 is 6.28. The second-order valence-electron chi connectivity index (χ2n) is 8.18. The first-order valence-electron chi connectivity index (χ1n) is 10.7. The van der Waals surface area contributed by atoms with E-state index >= 15 is 0 Å². The van der Waals surface area contributed by atoms with E-state index < -0.39 is 29.2 Å². The zero-order valence-electron chi connectivity index (χ0n) is 19.3. The molecule has 0 aliphatic carbocycles. The Bertz CT molecular complexity index is 1520. The Kier molecular flexibility index (Phi) is 6.32. The lowest BCUT2D eigenvalue weighted by Gasteiger charge is -2.20. The Morgan fingerprint density at radius 1 is 1.11 bits per heavy atom. The molecule has 4 rings (SSSR count). The third-order valence-electron chi connectivity index (χ3n) is 5.72. The number of aromatic hydroxyl groups is 1. The van der Waals surface area contributed by atoms with E-state index in [9.17, 15) is 24.3 Å². The average Bonchev–Trinajstić information content (AvgIpc) is 2.81. The van der Waals surface area contributed by atoms with Gasteiger partial charge in [-0.2, -0.15) is 4.98 Å². The summed E-state index contributed by atoms with van der Waals surface area (Å²) >= 11 is 0. The molecule has 2 heterocycles. The Morgan fingerprint density at radius 2 is 1.80 bits per heavy atom. The molecule has 0 radical (unpaired) electrons. The summed E-state index contributed by atoms with van der Waals surface area (Å²) in [4.78, 5) is 60.2. The van der Waals surface area contributed by atoms with Crippen LogP contribution >= 0.6 is 0 Å². The van der Waals surface area contributed by atoms with E-state index in [4.69, 9.17) is 4.74 Å². The number of H-pyrrole nitrogens is 1. The minimum atomic E-state index is -1.01. The van der Waals surface area contributed by atoms with E-state index in [2.05, 4.69) is 20.3 Å². The number of esters is 1. The predicted octanol–water partition coefficient (Wildman–Crippen LogP) is 0.808. The number of nitrogens with zero attached hydrogens (tertiary/aromatic N) is 3. The van der Waals surface area contributed by atoms with Gasteiger partial charge in [0.05, 0.1) is 18.1 Å². The van der Waals surface area contributed by atoms with Crippen LogP contribution in [0.25, 0.3) is 22.6 Å². The van der Waals surface area contributed by atoms with E-state index in [1.165, 1.54) is 23.8 Å². The topological polar surface area (TPSA) is 156 Å². The lowest BCUT2D eigenvalue weighted by atomic mass is 10.1. The quantitative estimate of drug-likeness (QED) is 0.272. The van der Waals surface area contributed by atoms with Crippen LogP contribution in [0.5, 0.6) is 5.75 Å². The minimum Gasteiger partial charge on any atom is -0.508 e. The highest BCUT2D eigenvalue weighted by molar-refractivity contribution is 5.87. The van der Waals surface area contributed by atoms with Crippen LogP contribution in [0.3, 0.4) is 0 Å². The van der Waals surface area contributed by atoms with Crippen molar-refractivity contribution in [3.05, 3.63) is 73.9 Å². The summed E-state index contributed by atoms with van der Waals surface area (Å²) in [5, 5.41) is 12.1. The standard InChI is InChI=1S/C24H23N5O6/c1-12-8-16-18(9-13(12)2)29(21-20(26-16)22(32)28-24(34)27-21)11-19(31)25-17(23(33)35-3)10-14-4-6-15(30)7-5-14/h4-9,17,30H,10-11H2,1-3H3,(H,25,31)(H,28,32,34). The van der Waals surface area contributed by atoms with Gasteiger partial charge in [-0.05, 0) is 54.8 Å². The number of ether oxygens (including phenoxy) is 1. The summed E-state index contributed by atoms with van der Waals surface area (Å²) in [5.41, 5.74) is 1.84. The van der Waals surface area contributed by atoms with Gasteiger partial charge in [0.1, 0.15) is 18.3 Å². The van der Waals surface area contributed by atoms with Gasteiger partial charge in [0.25, 0.3) is 5.56 Å². The number of rotatable bonds is 6. The summed E-state index contributed by atoms with van der Waals surface area (Å²) in [6.45, 7) is 3.45. The van der Waals surface area contributed by atoms with Crippen LogP contribution in [0.1, 0.15) is 16.7 Å². The number of hydrogen-bond acceptors (Lipinski definition) is 8. The van der Waals surface area contributed by atoms with Crippen LogP contribution in [0.4, 0.5) is 0 Å². The van der Waals surface area contributed by atoms with E-state index in [1.807, 2.05) is 13.8 Å². The highest BCUT2D eigenvalue weighted by atomic mass is 16.5. The van der Waals surface area contributed by atoms with Crippen molar-refractivity contribution in [2.75, 3.05) is 7.11 Å². The van der Waals surface area contributed by atoms with Gasteiger partial charge in [-0.1, -0.05) is 12.1 Å². The number of carbonyl (C=O) groups is 2. The van der Waals surface area contributed by atoms with Crippen molar-refractivity contribution in [1.29, 1.82) is 0 Å². The van der Waals surface area contributed by atoms with Gasteiger partial charge in [0.2, 0.25) is 5.91 Å². The molecule has 11 nitrogen and oxygen atoms in total. The van der Waals surface area contributed by atoms with Gasteiger partial charge in [-0.3, -0.25) is 14.6 Å². The number of aromatic amines is 1. The van der Waals surface area contributed by atoms with Crippen molar-refractivity contribution in [2.24, 2.45) is 0 Å². The third kappa shape index (κ3) is 4.88. The van der Waals surface area contributed by atoms with Crippen molar-refractivity contribution in [2.45, 2.75) is 32.9 Å². The van der Waals surface area contributed by atoms with Crippen LogP contribution < -0.4 is 16.6 Å². The smallest absolute Gasteiger partial charge is 0.349 e. The number of aryl methyl sites for hydroxylation is 2. The minimum absolute atomic E-state index is 0.0437. The fourth-order valence-electron chi connectivity index (χ4n) is 3.80. The lowest BCUT2D eigenvalue weighted by molar-refractivity contribution is -0.145. The first-order chi connectivity index (χ1) is 16.7. The molecule has 2 aromatic carbocycles. The molecule has 1 amide bonds. The average molecular weight is 477 g/mol. The Labute approximate surface area is 198 Å². The van der Waals surface area contributed by atoms with Gasteiger partial charge in [0, 0.05) is 6.42 Å². The van der Waals surface area contributed by atoms with Crippen molar-refractivity contribution in [1.82, 2.24) is 24.8 Å². The first kappa shape index (κ1) is 23.6. The fraction of sp³-hybridized carbons (Fsp3) is 0.250. The molecule has 2 aliphatic rings. The molecule has 0 spiro atoms. The number of aromatic nitrogens is 4. The molecule has 0 saturated carbocycles. The molecule has 0 fully saturated rings. The Morgan fingerprint density at radius 3 is 2.49 bits per heavy atom. The maximum Gasteiger partial charge on any atom is 0.349 e. The van der Waals surface area contributed by atoms with E-state index in [-0.39, 0.29) is 30.2 Å². The molecule has 1 atom stereocenters. The van der Waals surface area contributed by atoms with Gasteiger partial charge >= 0.3 is 11.7 Å². The number of methoxy groups -OCH3 is 1. The zero-order valence-corrected chi connectivity index (χ0v) is 19.3. The number of phenols is 1. The fourth-order valence-corrected chi connectivity index (χ4v) is 3.80. The Balaban J connectivity index is 1.73. The number of amides is 1. The number of carbonyl (C=O) groups excluding carboxylic acids is 2. The zero-order chi connectivity index (χ0) is 25.3. The number of nitrogens with one attached hydrogen (secondary N) is 2. The number of fused-ring (bicyclic) bond motifs is 2. The maximum absolute atomic E-state index is 13.1. The highest BCUT2D eigenvalue weighted by Crippen LogP contribution is 2.23. The molecule has 180 valence electrons. The van der Waals surface area contributed by atoms with Crippen molar-refractivity contribution >= 4 is 22.9 Å². The molecule has 0 bridgehead atoms. The summed E-state index contributed by atoms with van der Waals surface area (Å²) in [6, 6.07) is 8.79. The van der Waals surface area contributed by atoms with Crippen LogP contribution in [0.15, 0.2) is 46.0 Å². The molecule has 0 saturated heterocycles. The number of hydrogen-bond donors (Lipinski definition) is 3. The van der Waals surface area contributed by atoms with Crippen LogP contribution in [0, 0.1) is 13.8 Å². The molecule has 3 N–H and O–H groups in total. The number of benzene rings is 2. The van der Waals surface area contributed by atoms with E-state index in [0.717, 1.165) is 11.1 Å². The first-order valence-corrected chi connectivity index (χ1v) is 10.7. The normalized spacial score (nSPS) is 12.0. The van der Waals surface area contributed by atoms with Gasteiger partial charge in [0.15, 0.2) is 11.5 Å². The largest absolute Gasteiger partial charge is 0.508 e.